The van der Waals surface area contributed by atoms with Crippen molar-refractivity contribution in [2.45, 2.75) is 62.4 Å². The first-order valence-corrected chi connectivity index (χ1v) is 17.9. The van der Waals surface area contributed by atoms with Crippen LogP contribution >= 0.6 is 22.9 Å². The molecule has 3 fully saturated rings. The highest BCUT2D eigenvalue weighted by molar-refractivity contribution is 7.23. The summed E-state index contributed by atoms with van der Waals surface area (Å²) < 4.78 is 94.0. The first-order chi connectivity index (χ1) is 25.0. The van der Waals surface area contributed by atoms with Crippen LogP contribution in [0.1, 0.15) is 37.7 Å². The van der Waals surface area contributed by atoms with Crippen molar-refractivity contribution < 1.29 is 46.1 Å². The van der Waals surface area contributed by atoms with Gasteiger partial charge in [0, 0.05) is 30.5 Å². The summed E-state index contributed by atoms with van der Waals surface area (Å²) >= 11 is 7.63. The number of benzene rings is 2. The van der Waals surface area contributed by atoms with Gasteiger partial charge in [0.2, 0.25) is 0 Å². The van der Waals surface area contributed by atoms with Gasteiger partial charge in [0.15, 0.2) is 11.6 Å². The number of hydrogen-bond donors (Lipinski definition) is 2. The number of nitriles is 1. The molecule has 4 aliphatic rings. The number of thiophene rings is 1. The summed E-state index contributed by atoms with van der Waals surface area (Å²) in [5, 5.41) is 20.8. The molecule has 2 aromatic heterocycles. The smallest absolute Gasteiger partial charge is 0.409 e. The summed E-state index contributed by atoms with van der Waals surface area (Å²) in [7, 11) is 0. The number of aromatic nitrogens is 2. The molecule has 274 valence electrons. The van der Waals surface area contributed by atoms with E-state index in [4.69, 9.17) is 25.8 Å². The first kappa shape index (κ1) is 34.8. The summed E-state index contributed by atoms with van der Waals surface area (Å²) in [5.41, 5.74) is -1.74. The van der Waals surface area contributed by atoms with Crippen LogP contribution in [0.4, 0.5) is 37.6 Å². The second-order valence-corrected chi connectivity index (χ2v) is 14.8. The minimum atomic E-state index is -2.85. The Morgan fingerprint density at radius 2 is 2.10 bits per heavy atom. The number of nitrogens with one attached hydrogen (secondary N) is 1. The quantitative estimate of drug-likeness (QED) is 0.175. The molecule has 2 N–H and O–H groups in total. The molecule has 8 rings (SSSR count). The number of anilines is 2. The normalized spacial score (nSPS) is 24.3. The predicted octanol–water partition coefficient (Wildman–Crippen LogP) is 7.37. The standard InChI is InChI=1S/C34H30ClF5N6O5S/c35-25-23(16-4-5-18(37)29-22(16)17(10-41)31(52-29)44-33(47)48)26(40)27-24-28(25)50-13-19(20-3-1-8-49-20)46(12-21(38)39)30(24)43-32(42-27)51-14-34-6-2-7-45(34)11-15(36)9-34/h4-5,15,19-21,44H,1-3,6-9,11-14H2,(H,47,48)/t15-,19?,20?,34+/m1/s1. The predicted molar refractivity (Wildman–Crippen MR) is 182 cm³/mol. The van der Waals surface area contributed by atoms with Crippen LogP contribution in [0.15, 0.2) is 12.1 Å². The Bertz CT molecular complexity index is 2150. The van der Waals surface area contributed by atoms with Crippen molar-refractivity contribution in [3.63, 3.8) is 0 Å². The van der Waals surface area contributed by atoms with Gasteiger partial charge in [-0.2, -0.15) is 15.2 Å². The van der Waals surface area contributed by atoms with Gasteiger partial charge in [-0.05, 0) is 43.9 Å². The molecule has 3 saturated heterocycles. The molecular weight excluding hydrogens is 735 g/mol. The van der Waals surface area contributed by atoms with Gasteiger partial charge < -0.3 is 24.2 Å². The van der Waals surface area contributed by atoms with Crippen LogP contribution in [0.2, 0.25) is 5.02 Å². The number of halogens is 6. The van der Waals surface area contributed by atoms with Gasteiger partial charge in [-0.1, -0.05) is 17.7 Å². The maximum absolute atomic E-state index is 17.3. The number of nitrogens with zero attached hydrogens (tertiary/aromatic N) is 5. The first-order valence-electron chi connectivity index (χ1n) is 16.7. The number of alkyl halides is 3. The van der Waals surface area contributed by atoms with Gasteiger partial charge in [-0.3, -0.25) is 10.2 Å². The molecule has 6 heterocycles. The molecule has 1 amide bonds. The second-order valence-electron chi connectivity index (χ2n) is 13.4. The van der Waals surface area contributed by atoms with Gasteiger partial charge in [0.1, 0.15) is 47.6 Å². The van der Waals surface area contributed by atoms with E-state index < -0.39 is 60.1 Å². The van der Waals surface area contributed by atoms with Crippen LogP contribution in [0.25, 0.3) is 32.1 Å². The number of carboxylic acid groups (broad SMARTS) is 1. The average Bonchev–Trinajstić information content (AvgIpc) is 3.87. The van der Waals surface area contributed by atoms with Crippen molar-refractivity contribution in [2.24, 2.45) is 0 Å². The number of amides is 1. The Kier molecular flexibility index (Phi) is 8.92. The topological polar surface area (TPSA) is 133 Å². The van der Waals surface area contributed by atoms with E-state index in [9.17, 15) is 28.3 Å². The van der Waals surface area contributed by atoms with Crippen molar-refractivity contribution in [1.29, 1.82) is 5.26 Å². The molecule has 2 unspecified atom stereocenters. The molecule has 2 aromatic carbocycles. The van der Waals surface area contributed by atoms with Crippen LogP contribution in [0.5, 0.6) is 11.8 Å². The zero-order valence-corrected chi connectivity index (χ0v) is 28.8. The van der Waals surface area contributed by atoms with E-state index in [-0.39, 0.29) is 85.9 Å². The zero-order valence-electron chi connectivity index (χ0n) is 27.2. The number of hydrogen-bond acceptors (Lipinski definition) is 10. The monoisotopic (exact) mass is 764 g/mol. The summed E-state index contributed by atoms with van der Waals surface area (Å²) in [4.78, 5) is 23.8. The minimum Gasteiger partial charge on any atom is -0.489 e. The lowest BCUT2D eigenvalue weighted by Gasteiger charge is -2.34. The highest BCUT2D eigenvalue weighted by Crippen LogP contribution is 2.52. The van der Waals surface area contributed by atoms with Crippen molar-refractivity contribution in [3.8, 4) is 29.0 Å². The molecule has 0 bridgehead atoms. The fourth-order valence-corrected chi connectivity index (χ4v) is 9.60. The second kappa shape index (κ2) is 13.3. The minimum absolute atomic E-state index is 0.0355. The lowest BCUT2D eigenvalue weighted by molar-refractivity contribution is 0.0644. The Morgan fingerprint density at radius 1 is 1.27 bits per heavy atom. The number of ether oxygens (including phenoxy) is 3. The molecule has 0 aliphatic carbocycles. The molecule has 0 spiro atoms. The third kappa shape index (κ3) is 5.71. The highest BCUT2D eigenvalue weighted by Gasteiger charge is 2.49. The van der Waals surface area contributed by atoms with Crippen molar-refractivity contribution in [1.82, 2.24) is 14.9 Å². The van der Waals surface area contributed by atoms with Gasteiger partial charge >= 0.3 is 12.1 Å². The molecule has 4 aliphatic heterocycles. The Morgan fingerprint density at radius 3 is 2.83 bits per heavy atom. The molecule has 18 heteroatoms. The average molecular weight is 765 g/mol. The van der Waals surface area contributed by atoms with E-state index in [1.54, 1.807) is 0 Å². The summed E-state index contributed by atoms with van der Waals surface area (Å²) in [6, 6.07) is 2.96. The lowest BCUT2D eigenvalue weighted by Crippen LogP contribution is -2.49. The van der Waals surface area contributed by atoms with E-state index in [0.29, 0.717) is 43.8 Å². The molecule has 0 saturated carbocycles. The molecular formula is C34H30ClF5N6O5S. The maximum Gasteiger partial charge on any atom is 0.409 e. The fourth-order valence-electron chi connectivity index (χ4n) is 8.20. The van der Waals surface area contributed by atoms with Gasteiger partial charge in [-0.25, -0.2) is 26.7 Å². The van der Waals surface area contributed by atoms with Gasteiger partial charge in [0.25, 0.3) is 6.43 Å². The Balaban J connectivity index is 1.36. The van der Waals surface area contributed by atoms with Gasteiger partial charge in [-0.15, -0.1) is 11.3 Å². The van der Waals surface area contributed by atoms with Crippen LogP contribution in [-0.2, 0) is 4.74 Å². The maximum atomic E-state index is 17.3. The largest absolute Gasteiger partial charge is 0.489 e. The molecule has 4 aromatic rings. The summed E-state index contributed by atoms with van der Waals surface area (Å²) in [5.74, 6) is -2.13. The van der Waals surface area contributed by atoms with Crippen LogP contribution in [-0.4, -0.2) is 95.8 Å². The third-order valence-electron chi connectivity index (χ3n) is 10.4. The fraction of sp³-hybridized carbons (Fsp3) is 0.471. The SMILES string of the molecule is N#Cc1c(NC(=O)O)sc2c(F)ccc(-c3c(Cl)c4c5c(nc(OC[C@@]67CCCN6C[C@H](F)C7)nc5c3F)N(CC(F)F)C(C3CCCO3)CO4)c12. The van der Waals surface area contributed by atoms with Crippen LogP contribution in [0.3, 0.4) is 0 Å². The van der Waals surface area contributed by atoms with E-state index in [1.807, 2.05) is 11.0 Å². The third-order valence-corrected chi connectivity index (χ3v) is 11.8. The molecule has 11 nitrogen and oxygen atoms in total. The van der Waals surface area contributed by atoms with Gasteiger partial charge in [0.05, 0.1) is 44.9 Å². The summed E-state index contributed by atoms with van der Waals surface area (Å²) in [6.07, 6.45) is -3.04. The Labute approximate surface area is 301 Å². The van der Waals surface area contributed by atoms with E-state index in [1.165, 1.54) is 11.0 Å². The molecule has 4 atom stereocenters. The molecule has 0 radical (unpaired) electrons. The number of carbonyl (C=O) groups is 1. The lowest BCUT2D eigenvalue weighted by atomic mass is 9.95. The highest BCUT2D eigenvalue weighted by atomic mass is 35.5. The van der Waals surface area contributed by atoms with Crippen molar-refractivity contribution in [2.75, 3.05) is 49.7 Å². The summed E-state index contributed by atoms with van der Waals surface area (Å²) in [6.45, 7) is 0.260. The Hall–Kier alpha value is -4.24. The zero-order chi connectivity index (χ0) is 36.5. The van der Waals surface area contributed by atoms with Crippen LogP contribution < -0.4 is 19.7 Å². The van der Waals surface area contributed by atoms with E-state index in [2.05, 4.69) is 15.3 Å². The number of fused-ring (bicyclic) bond motifs is 2. The van der Waals surface area contributed by atoms with Crippen molar-refractivity contribution >= 4 is 60.8 Å². The van der Waals surface area contributed by atoms with Crippen molar-refractivity contribution in [3.05, 3.63) is 34.4 Å². The van der Waals surface area contributed by atoms with E-state index in [0.717, 1.165) is 12.5 Å². The van der Waals surface area contributed by atoms with Crippen LogP contribution in [0, 0.1) is 23.0 Å². The number of rotatable bonds is 8. The van der Waals surface area contributed by atoms with E-state index >= 15 is 8.78 Å². The molecule has 52 heavy (non-hydrogen) atoms.